The number of hydrogen-bond acceptors (Lipinski definition) is 3. The number of carbonyl (C=O) groups excluding carboxylic acids is 1. The molecule has 1 aliphatic rings. The van der Waals surface area contributed by atoms with Crippen molar-refractivity contribution in [3.8, 4) is 5.75 Å². The molecule has 1 aromatic rings. The standard InChI is InChI=1S/C15H18BrNO4/c16-11-3-1-4-12(7-11)21-9-13(18)17-10-15(5-2-6-15)8-14(19)20/h1,3-4,7H,2,5-6,8-10H2,(H,17,18)(H,19,20). The first-order valence-corrected chi connectivity index (χ1v) is 7.65. The number of hydrogen-bond donors (Lipinski definition) is 2. The van der Waals surface area contributed by atoms with E-state index >= 15 is 0 Å². The molecule has 0 heterocycles. The van der Waals surface area contributed by atoms with Gasteiger partial charge in [0, 0.05) is 11.0 Å². The number of rotatable bonds is 7. The summed E-state index contributed by atoms with van der Waals surface area (Å²) in [5.74, 6) is -0.426. The molecule has 0 spiro atoms. The van der Waals surface area contributed by atoms with Crippen LogP contribution >= 0.6 is 15.9 Å². The third-order valence-corrected chi connectivity index (χ3v) is 4.26. The monoisotopic (exact) mass is 355 g/mol. The van der Waals surface area contributed by atoms with E-state index in [9.17, 15) is 9.59 Å². The van der Waals surface area contributed by atoms with Crippen LogP contribution in [0.4, 0.5) is 0 Å². The zero-order chi connectivity index (χ0) is 15.3. The van der Waals surface area contributed by atoms with Gasteiger partial charge in [0.2, 0.25) is 0 Å². The van der Waals surface area contributed by atoms with E-state index in [1.807, 2.05) is 12.1 Å². The highest BCUT2D eigenvalue weighted by molar-refractivity contribution is 9.10. The Labute approximate surface area is 131 Å². The molecular formula is C15H18BrNO4. The normalized spacial score (nSPS) is 15.9. The van der Waals surface area contributed by atoms with Crippen molar-refractivity contribution in [2.75, 3.05) is 13.2 Å². The molecule has 0 aromatic heterocycles. The summed E-state index contributed by atoms with van der Waals surface area (Å²) in [6, 6.07) is 7.26. The average molecular weight is 356 g/mol. The van der Waals surface area contributed by atoms with E-state index in [0.29, 0.717) is 12.3 Å². The van der Waals surface area contributed by atoms with Gasteiger partial charge in [0.15, 0.2) is 6.61 Å². The van der Waals surface area contributed by atoms with Gasteiger partial charge < -0.3 is 15.2 Å². The lowest BCUT2D eigenvalue weighted by molar-refractivity contribution is -0.142. The summed E-state index contributed by atoms with van der Waals surface area (Å²) in [5.41, 5.74) is -0.267. The summed E-state index contributed by atoms with van der Waals surface area (Å²) in [7, 11) is 0. The Kier molecular flexibility index (Phi) is 5.22. The summed E-state index contributed by atoms with van der Waals surface area (Å²) >= 11 is 3.33. The maximum absolute atomic E-state index is 11.8. The van der Waals surface area contributed by atoms with Crippen molar-refractivity contribution in [3.63, 3.8) is 0 Å². The van der Waals surface area contributed by atoms with Gasteiger partial charge in [-0.05, 0) is 36.5 Å². The summed E-state index contributed by atoms with van der Waals surface area (Å²) in [4.78, 5) is 22.6. The Morgan fingerprint density at radius 2 is 2.14 bits per heavy atom. The quantitative estimate of drug-likeness (QED) is 0.788. The Morgan fingerprint density at radius 1 is 1.38 bits per heavy atom. The molecule has 1 aliphatic carbocycles. The largest absolute Gasteiger partial charge is 0.484 e. The molecule has 5 nitrogen and oxygen atoms in total. The van der Waals surface area contributed by atoms with Gasteiger partial charge in [-0.1, -0.05) is 28.4 Å². The zero-order valence-electron chi connectivity index (χ0n) is 11.6. The van der Waals surface area contributed by atoms with Crippen LogP contribution in [0.5, 0.6) is 5.75 Å². The molecule has 0 atom stereocenters. The van der Waals surface area contributed by atoms with Crippen LogP contribution in [0, 0.1) is 5.41 Å². The van der Waals surface area contributed by atoms with Crippen molar-refractivity contribution < 1.29 is 19.4 Å². The highest BCUT2D eigenvalue weighted by Crippen LogP contribution is 2.43. The van der Waals surface area contributed by atoms with Crippen LogP contribution in [0.2, 0.25) is 0 Å². The minimum Gasteiger partial charge on any atom is -0.484 e. The predicted octanol–water partition coefficient (Wildman–Crippen LogP) is 2.59. The molecule has 0 bridgehead atoms. The molecule has 1 fully saturated rings. The summed E-state index contributed by atoms with van der Waals surface area (Å²) < 4.78 is 6.27. The molecule has 0 radical (unpaired) electrons. The van der Waals surface area contributed by atoms with Crippen LogP contribution in [0.15, 0.2) is 28.7 Å². The second kappa shape index (κ2) is 6.93. The lowest BCUT2D eigenvalue weighted by Gasteiger charge is -2.40. The minimum absolute atomic E-state index is 0.0698. The van der Waals surface area contributed by atoms with E-state index in [0.717, 1.165) is 23.7 Å². The maximum Gasteiger partial charge on any atom is 0.303 e. The third kappa shape index (κ3) is 4.74. The number of nitrogens with one attached hydrogen (secondary N) is 1. The Morgan fingerprint density at radius 3 is 2.71 bits per heavy atom. The molecule has 1 saturated carbocycles. The fraction of sp³-hybridized carbons (Fsp3) is 0.467. The molecule has 0 aliphatic heterocycles. The second-order valence-corrected chi connectivity index (χ2v) is 6.36. The summed E-state index contributed by atoms with van der Waals surface area (Å²) in [6.07, 6.45) is 2.84. The first kappa shape index (κ1) is 15.8. The molecule has 21 heavy (non-hydrogen) atoms. The summed E-state index contributed by atoms with van der Waals surface area (Å²) in [5, 5.41) is 11.7. The predicted molar refractivity (Wildman–Crippen MR) is 81.2 cm³/mol. The molecule has 0 unspecified atom stereocenters. The van der Waals surface area contributed by atoms with Gasteiger partial charge in [0.25, 0.3) is 5.91 Å². The summed E-state index contributed by atoms with van der Waals surface area (Å²) in [6.45, 7) is 0.333. The first-order valence-electron chi connectivity index (χ1n) is 6.86. The first-order chi connectivity index (χ1) is 9.99. The highest BCUT2D eigenvalue weighted by atomic mass is 79.9. The lowest BCUT2D eigenvalue weighted by Crippen LogP contribution is -2.44. The van der Waals surface area contributed by atoms with Gasteiger partial charge in [-0.2, -0.15) is 0 Å². The van der Waals surface area contributed by atoms with Gasteiger partial charge >= 0.3 is 5.97 Å². The van der Waals surface area contributed by atoms with E-state index < -0.39 is 5.97 Å². The molecule has 1 amide bonds. The molecule has 0 saturated heterocycles. The fourth-order valence-corrected chi connectivity index (χ4v) is 2.83. The van der Waals surface area contributed by atoms with E-state index in [-0.39, 0.29) is 24.3 Å². The Balaban J connectivity index is 1.76. The number of benzene rings is 1. The Hall–Kier alpha value is -1.56. The SMILES string of the molecule is O=C(O)CC1(CNC(=O)COc2cccc(Br)c2)CCC1. The van der Waals surface area contributed by atoms with Gasteiger partial charge in [-0.3, -0.25) is 9.59 Å². The molecule has 1 aromatic carbocycles. The van der Waals surface area contributed by atoms with Crippen molar-refractivity contribution in [1.82, 2.24) is 5.32 Å². The van der Waals surface area contributed by atoms with Crippen LogP contribution in [0.1, 0.15) is 25.7 Å². The number of halogens is 1. The number of carboxylic acids is 1. The van der Waals surface area contributed by atoms with E-state index in [1.165, 1.54) is 0 Å². The van der Waals surface area contributed by atoms with Gasteiger partial charge in [-0.25, -0.2) is 0 Å². The van der Waals surface area contributed by atoms with Gasteiger partial charge in [0.05, 0.1) is 6.42 Å². The van der Waals surface area contributed by atoms with E-state index in [2.05, 4.69) is 21.2 Å². The lowest BCUT2D eigenvalue weighted by atomic mass is 9.66. The van der Waals surface area contributed by atoms with E-state index in [4.69, 9.17) is 9.84 Å². The van der Waals surface area contributed by atoms with E-state index in [1.54, 1.807) is 12.1 Å². The number of amides is 1. The smallest absolute Gasteiger partial charge is 0.303 e. The molecule has 114 valence electrons. The van der Waals surface area contributed by atoms with Crippen LogP contribution < -0.4 is 10.1 Å². The number of carbonyl (C=O) groups is 2. The van der Waals surface area contributed by atoms with Crippen molar-refractivity contribution in [3.05, 3.63) is 28.7 Å². The number of carboxylic acid groups (broad SMARTS) is 1. The highest BCUT2D eigenvalue weighted by Gasteiger charge is 2.39. The van der Waals surface area contributed by atoms with Crippen LogP contribution in [-0.2, 0) is 9.59 Å². The van der Waals surface area contributed by atoms with Crippen LogP contribution in [0.3, 0.4) is 0 Å². The van der Waals surface area contributed by atoms with Crippen molar-refractivity contribution in [1.29, 1.82) is 0 Å². The molecule has 2 rings (SSSR count). The van der Waals surface area contributed by atoms with Crippen molar-refractivity contribution in [2.45, 2.75) is 25.7 Å². The molecule has 2 N–H and O–H groups in total. The number of ether oxygens (including phenoxy) is 1. The second-order valence-electron chi connectivity index (χ2n) is 5.45. The maximum atomic E-state index is 11.8. The van der Waals surface area contributed by atoms with Crippen molar-refractivity contribution in [2.24, 2.45) is 5.41 Å². The minimum atomic E-state index is -0.811. The number of aliphatic carboxylic acids is 1. The topological polar surface area (TPSA) is 75.6 Å². The van der Waals surface area contributed by atoms with Crippen LogP contribution in [0.25, 0.3) is 0 Å². The fourth-order valence-electron chi connectivity index (χ4n) is 2.46. The van der Waals surface area contributed by atoms with Crippen LogP contribution in [-0.4, -0.2) is 30.1 Å². The Bertz CT molecular complexity index is 528. The van der Waals surface area contributed by atoms with Gasteiger partial charge in [-0.15, -0.1) is 0 Å². The van der Waals surface area contributed by atoms with Gasteiger partial charge in [0.1, 0.15) is 5.75 Å². The molecular weight excluding hydrogens is 338 g/mol. The molecule has 6 heteroatoms. The average Bonchev–Trinajstić information content (AvgIpc) is 2.39. The zero-order valence-corrected chi connectivity index (χ0v) is 13.2. The van der Waals surface area contributed by atoms with Crippen molar-refractivity contribution >= 4 is 27.8 Å². The third-order valence-electron chi connectivity index (χ3n) is 3.77.